The summed E-state index contributed by atoms with van der Waals surface area (Å²) < 4.78 is 38.4. The van der Waals surface area contributed by atoms with Gasteiger partial charge in [-0.25, -0.2) is 0 Å². The number of phenolic OH excluding ortho intramolecular Hbond substituents is 1. The van der Waals surface area contributed by atoms with Gasteiger partial charge >= 0.3 is 0 Å². The first-order valence-electron chi connectivity index (χ1n) is 6.51. The lowest BCUT2D eigenvalue weighted by molar-refractivity contribution is 0.111. The van der Waals surface area contributed by atoms with Crippen molar-refractivity contribution in [1.82, 2.24) is 0 Å². The van der Waals surface area contributed by atoms with Crippen molar-refractivity contribution in [1.29, 1.82) is 0 Å². The van der Waals surface area contributed by atoms with Crippen LogP contribution in [0.25, 0.3) is 0 Å². The first-order valence-corrected chi connectivity index (χ1v) is 7.95. The summed E-state index contributed by atoms with van der Waals surface area (Å²) in [4.78, 5) is -2.48. The Morgan fingerprint density at radius 3 is 2.41 bits per heavy atom. The van der Waals surface area contributed by atoms with Gasteiger partial charge in [0.05, 0.1) is 5.92 Å². The fourth-order valence-corrected chi connectivity index (χ4v) is 3.23. The predicted molar refractivity (Wildman–Crippen MR) is 78.6 cm³/mol. The largest absolute Gasteiger partial charge is 0.508 e. The van der Waals surface area contributed by atoms with Crippen LogP contribution >= 0.6 is 0 Å². The molecule has 7 heteroatoms. The molecule has 2 aromatic carbocycles. The van der Waals surface area contributed by atoms with Gasteiger partial charge in [-0.2, -0.15) is 8.42 Å². The normalized spacial score (nSPS) is 19.5. The highest BCUT2D eigenvalue weighted by Crippen LogP contribution is 2.50. The number of phenols is 1. The second kappa shape index (κ2) is 4.70. The second-order valence-electron chi connectivity index (χ2n) is 5.32. The first-order chi connectivity index (χ1) is 10.2. The lowest BCUT2D eigenvalue weighted by Gasteiger charge is -2.35. The summed E-state index contributed by atoms with van der Waals surface area (Å²) in [6, 6.07) is 10.8. The minimum atomic E-state index is -4.78. The third-order valence-electron chi connectivity index (χ3n) is 3.81. The summed E-state index contributed by atoms with van der Waals surface area (Å²) in [5.41, 5.74) is 0.685. The van der Waals surface area contributed by atoms with Gasteiger partial charge < -0.3 is 14.9 Å². The van der Waals surface area contributed by atoms with Crippen molar-refractivity contribution >= 4 is 10.1 Å². The zero-order valence-electron chi connectivity index (χ0n) is 11.6. The molecule has 1 aliphatic heterocycles. The summed E-state index contributed by atoms with van der Waals surface area (Å²) in [6.07, 6.45) is 0. The smallest absolute Gasteiger partial charge is 0.295 e. The molecule has 3 rings (SSSR count). The van der Waals surface area contributed by atoms with Crippen molar-refractivity contribution in [2.24, 2.45) is 0 Å². The standard InChI is InChI=1S/C15H14O6S/c1-15(17,22(18,19)20)14-10-4-2-3-5-12(10)21-13-7-6-9(16)8-11(13)14/h2-8,14,16-17H,1H3,(H,18,19,20). The summed E-state index contributed by atoms with van der Waals surface area (Å²) in [7, 11) is -4.78. The van der Waals surface area contributed by atoms with Crippen LogP contribution in [-0.4, -0.2) is 28.1 Å². The van der Waals surface area contributed by atoms with Gasteiger partial charge in [0.25, 0.3) is 10.1 Å². The van der Waals surface area contributed by atoms with E-state index in [0.29, 0.717) is 17.1 Å². The van der Waals surface area contributed by atoms with Gasteiger partial charge in [0, 0.05) is 11.1 Å². The maximum atomic E-state index is 11.7. The quantitative estimate of drug-likeness (QED) is 0.732. The van der Waals surface area contributed by atoms with E-state index in [1.807, 2.05) is 0 Å². The van der Waals surface area contributed by atoms with Crippen LogP contribution in [0.15, 0.2) is 42.5 Å². The highest BCUT2D eigenvalue weighted by Gasteiger charge is 2.49. The van der Waals surface area contributed by atoms with E-state index in [4.69, 9.17) is 4.74 Å². The van der Waals surface area contributed by atoms with Crippen molar-refractivity contribution in [3.8, 4) is 17.2 Å². The molecular weight excluding hydrogens is 308 g/mol. The van der Waals surface area contributed by atoms with Crippen molar-refractivity contribution in [3.05, 3.63) is 53.6 Å². The fraction of sp³-hybridized carbons (Fsp3) is 0.200. The van der Waals surface area contributed by atoms with Crippen molar-refractivity contribution in [2.45, 2.75) is 17.8 Å². The van der Waals surface area contributed by atoms with Crippen LogP contribution in [0.4, 0.5) is 0 Å². The molecule has 0 aromatic heterocycles. The summed E-state index contributed by atoms with van der Waals surface area (Å²) >= 11 is 0. The van der Waals surface area contributed by atoms with Gasteiger partial charge in [-0.05, 0) is 31.2 Å². The number of rotatable bonds is 2. The van der Waals surface area contributed by atoms with E-state index in [9.17, 15) is 23.2 Å². The van der Waals surface area contributed by atoms with Crippen LogP contribution < -0.4 is 4.74 Å². The fourth-order valence-electron chi connectivity index (χ4n) is 2.68. The average Bonchev–Trinajstić information content (AvgIpc) is 2.43. The van der Waals surface area contributed by atoms with Crippen LogP contribution in [0, 0.1) is 0 Å². The molecule has 2 aromatic rings. The third-order valence-corrected chi connectivity index (χ3v) is 5.09. The Kier molecular flexibility index (Phi) is 3.17. The van der Waals surface area contributed by atoms with E-state index in [0.717, 1.165) is 6.92 Å². The number of fused-ring (bicyclic) bond motifs is 2. The molecule has 2 atom stereocenters. The van der Waals surface area contributed by atoms with Gasteiger partial charge in [-0.15, -0.1) is 0 Å². The van der Waals surface area contributed by atoms with Gasteiger partial charge in [-0.3, -0.25) is 4.55 Å². The lowest BCUT2D eigenvalue weighted by Crippen LogP contribution is -2.42. The highest BCUT2D eigenvalue weighted by atomic mass is 32.2. The van der Waals surface area contributed by atoms with E-state index >= 15 is 0 Å². The van der Waals surface area contributed by atoms with Crippen molar-refractivity contribution in [2.75, 3.05) is 0 Å². The number of benzene rings is 2. The van der Waals surface area contributed by atoms with Crippen LogP contribution in [0.3, 0.4) is 0 Å². The summed E-state index contributed by atoms with van der Waals surface area (Å²) in [5.74, 6) is -0.507. The molecular formula is C15H14O6S. The van der Waals surface area contributed by atoms with Gasteiger partial charge in [0.1, 0.15) is 17.2 Å². The van der Waals surface area contributed by atoms with Crippen LogP contribution in [-0.2, 0) is 10.1 Å². The molecule has 2 unspecified atom stereocenters. The zero-order chi connectivity index (χ0) is 16.1. The number of aromatic hydroxyl groups is 1. The summed E-state index contributed by atoms with van der Waals surface area (Å²) in [5, 5.41) is 20.2. The van der Waals surface area contributed by atoms with Crippen LogP contribution in [0.5, 0.6) is 17.2 Å². The van der Waals surface area contributed by atoms with Crippen molar-refractivity contribution in [3.63, 3.8) is 0 Å². The Bertz CT molecular complexity index is 841. The molecule has 3 N–H and O–H groups in total. The molecule has 0 radical (unpaired) electrons. The molecule has 116 valence electrons. The van der Waals surface area contributed by atoms with Gasteiger partial charge in [-0.1, -0.05) is 18.2 Å². The van der Waals surface area contributed by atoms with Gasteiger partial charge in [0.15, 0.2) is 4.93 Å². The maximum Gasteiger partial charge on any atom is 0.295 e. The van der Waals surface area contributed by atoms with E-state index in [1.54, 1.807) is 24.3 Å². The number of ether oxygens (including phenoxy) is 1. The zero-order valence-corrected chi connectivity index (χ0v) is 12.4. The number of para-hydroxylation sites is 1. The molecule has 0 saturated heterocycles. The third kappa shape index (κ3) is 2.14. The van der Waals surface area contributed by atoms with Crippen LogP contribution in [0.2, 0.25) is 0 Å². The number of aliphatic hydroxyl groups is 1. The Balaban J connectivity index is 2.32. The van der Waals surface area contributed by atoms with Crippen molar-refractivity contribution < 1.29 is 27.9 Å². The predicted octanol–water partition coefficient (Wildman–Crippen LogP) is 2.23. The van der Waals surface area contributed by atoms with Gasteiger partial charge in [0.2, 0.25) is 0 Å². The summed E-state index contributed by atoms with van der Waals surface area (Å²) in [6.45, 7) is 1.02. The molecule has 0 spiro atoms. The first kappa shape index (κ1) is 14.8. The average molecular weight is 322 g/mol. The minimum absolute atomic E-state index is 0.0992. The SMILES string of the molecule is CC(O)(C1c2ccccc2Oc2ccc(O)cc21)S(=O)(=O)O. The molecule has 1 heterocycles. The molecule has 0 bridgehead atoms. The van der Waals surface area contributed by atoms with E-state index < -0.39 is 21.0 Å². The molecule has 1 aliphatic rings. The van der Waals surface area contributed by atoms with Crippen LogP contribution in [0.1, 0.15) is 24.0 Å². The number of hydrogen-bond donors (Lipinski definition) is 3. The molecule has 0 saturated carbocycles. The molecule has 0 fully saturated rings. The molecule has 22 heavy (non-hydrogen) atoms. The molecule has 0 aliphatic carbocycles. The highest BCUT2D eigenvalue weighted by molar-refractivity contribution is 7.87. The molecule has 6 nitrogen and oxygen atoms in total. The Morgan fingerprint density at radius 1 is 1.09 bits per heavy atom. The number of hydrogen-bond acceptors (Lipinski definition) is 5. The topological polar surface area (TPSA) is 104 Å². The van der Waals surface area contributed by atoms with E-state index in [1.165, 1.54) is 18.2 Å². The molecule has 0 amide bonds. The van der Waals surface area contributed by atoms with E-state index in [2.05, 4.69) is 0 Å². The second-order valence-corrected chi connectivity index (χ2v) is 7.10. The monoisotopic (exact) mass is 322 g/mol. The maximum absolute atomic E-state index is 11.7. The van der Waals surface area contributed by atoms with E-state index in [-0.39, 0.29) is 11.3 Å². The Labute approximate surface area is 127 Å². The Morgan fingerprint density at radius 2 is 1.73 bits per heavy atom. The Hall–Kier alpha value is -2.09. The lowest BCUT2D eigenvalue weighted by atomic mass is 9.84. The minimum Gasteiger partial charge on any atom is -0.508 e.